The van der Waals surface area contributed by atoms with Crippen LogP contribution < -0.4 is 5.32 Å². The zero-order valence-electron chi connectivity index (χ0n) is 10.4. The van der Waals surface area contributed by atoms with E-state index in [0.717, 1.165) is 25.0 Å². The van der Waals surface area contributed by atoms with Crippen molar-refractivity contribution in [2.45, 2.75) is 50.9 Å². The van der Waals surface area contributed by atoms with E-state index in [4.69, 9.17) is 0 Å². The molecule has 0 aliphatic rings. The van der Waals surface area contributed by atoms with Crippen LogP contribution in [0.1, 0.15) is 49.0 Å². The highest BCUT2D eigenvalue weighted by Gasteiger charge is 2.17. The minimum absolute atomic E-state index is 0.0518. The molecule has 0 bridgehead atoms. The second-order valence-corrected chi connectivity index (χ2v) is 6.51. The van der Waals surface area contributed by atoms with Gasteiger partial charge in [-0.05, 0) is 31.3 Å². The van der Waals surface area contributed by atoms with Crippen molar-refractivity contribution in [3.8, 4) is 0 Å². The van der Waals surface area contributed by atoms with Gasteiger partial charge in [-0.3, -0.25) is 4.79 Å². The number of aryl methyl sites for hydroxylation is 1. The van der Waals surface area contributed by atoms with E-state index in [2.05, 4.69) is 44.7 Å². The fourth-order valence-corrected chi connectivity index (χ4v) is 2.79. The van der Waals surface area contributed by atoms with Crippen LogP contribution >= 0.6 is 27.5 Å². The van der Waals surface area contributed by atoms with Crippen molar-refractivity contribution >= 4 is 33.4 Å². The standard InChI is InChI=1S/C11H18BrN3OS/c1-4-5-9-10(17-15-14-9)11(16)13-8(3)6-7(2)12/h7-8H,4-6H2,1-3H3,(H,13,16). The van der Waals surface area contributed by atoms with Gasteiger partial charge in [0, 0.05) is 10.9 Å². The highest BCUT2D eigenvalue weighted by Crippen LogP contribution is 2.13. The normalized spacial score (nSPS) is 14.4. The predicted molar refractivity (Wildman–Crippen MR) is 73.8 cm³/mol. The number of hydrogen-bond donors (Lipinski definition) is 1. The van der Waals surface area contributed by atoms with E-state index in [0.29, 0.717) is 9.70 Å². The number of nitrogens with one attached hydrogen (secondary N) is 1. The van der Waals surface area contributed by atoms with E-state index in [1.54, 1.807) is 0 Å². The first-order chi connectivity index (χ1) is 8.04. The number of halogens is 1. The molecule has 0 aromatic carbocycles. The quantitative estimate of drug-likeness (QED) is 0.820. The number of amides is 1. The van der Waals surface area contributed by atoms with E-state index in [-0.39, 0.29) is 11.9 Å². The zero-order chi connectivity index (χ0) is 12.8. The summed E-state index contributed by atoms with van der Waals surface area (Å²) in [6.07, 6.45) is 2.68. The predicted octanol–water partition coefficient (Wildman–Crippen LogP) is 2.78. The van der Waals surface area contributed by atoms with Crippen LogP contribution in [0.25, 0.3) is 0 Å². The molecule has 1 rings (SSSR count). The molecular weight excluding hydrogens is 302 g/mol. The largest absolute Gasteiger partial charge is 0.349 e. The van der Waals surface area contributed by atoms with E-state index in [1.165, 1.54) is 11.5 Å². The number of rotatable bonds is 6. The van der Waals surface area contributed by atoms with Crippen LogP contribution in [0.3, 0.4) is 0 Å². The molecule has 4 nitrogen and oxygen atoms in total. The smallest absolute Gasteiger partial charge is 0.265 e. The zero-order valence-corrected chi connectivity index (χ0v) is 12.8. The Morgan fingerprint density at radius 1 is 1.53 bits per heavy atom. The number of carbonyl (C=O) groups is 1. The number of carbonyl (C=O) groups excluding carboxylic acids is 1. The van der Waals surface area contributed by atoms with Crippen LogP contribution in [-0.4, -0.2) is 26.4 Å². The number of aromatic nitrogens is 2. The Kier molecular flexibility index (Phi) is 6.05. The lowest BCUT2D eigenvalue weighted by molar-refractivity contribution is 0.0941. The van der Waals surface area contributed by atoms with Crippen LogP contribution in [0.4, 0.5) is 0 Å². The minimum atomic E-state index is -0.0518. The van der Waals surface area contributed by atoms with E-state index in [9.17, 15) is 4.79 Å². The van der Waals surface area contributed by atoms with Crippen molar-refractivity contribution in [3.63, 3.8) is 0 Å². The van der Waals surface area contributed by atoms with Crippen LogP contribution in [0, 0.1) is 0 Å². The van der Waals surface area contributed by atoms with Gasteiger partial charge in [-0.1, -0.05) is 40.7 Å². The third-order valence-corrected chi connectivity index (χ3v) is 3.45. The molecule has 1 aromatic rings. The maximum absolute atomic E-state index is 12.0. The van der Waals surface area contributed by atoms with Crippen molar-refractivity contribution in [1.82, 2.24) is 14.9 Å². The molecule has 1 heterocycles. The molecule has 0 fully saturated rings. The number of alkyl halides is 1. The van der Waals surface area contributed by atoms with Gasteiger partial charge in [0.2, 0.25) is 0 Å². The first-order valence-corrected chi connectivity index (χ1v) is 7.49. The van der Waals surface area contributed by atoms with Crippen molar-refractivity contribution < 1.29 is 4.79 Å². The van der Waals surface area contributed by atoms with Crippen molar-refractivity contribution in [1.29, 1.82) is 0 Å². The molecule has 96 valence electrons. The summed E-state index contributed by atoms with van der Waals surface area (Å²) in [5.41, 5.74) is 0.814. The maximum atomic E-state index is 12.0. The second-order valence-electron chi connectivity index (χ2n) is 4.19. The van der Waals surface area contributed by atoms with Gasteiger partial charge in [0.05, 0.1) is 5.69 Å². The molecule has 6 heteroatoms. The molecule has 2 unspecified atom stereocenters. The minimum Gasteiger partial charge on any atom is -0.349 e. The van der Waals surface area contributed by atoms with Gasteiger partial charge >= 0.3 is 0 Å². The fourth-order valence-electron chi connectivity index (χ4n) is 1.62. The molecule has 0 radical (unpaired) electrons. The van der Waals surface area contributed by atoms with Gasteiger partial charge < -0.3 is 5.32 Å². The van der Waals surface area contributed by atoms with Gasteiger partial charge in [-0.25, -0.2) is 0 Å². The third-order valence-electron chi connectivity index (χ3n) is 2.30. The van der Waals surface area contributed by atoms with Crippen LogP contribution in [0.2, 0.25) is 0 Å². The third kappa shape index (κ3) is 4.71. The van der Waals surface area contributed by atoms with Gasteiger partial charge in [0.25, 0.3) is 5.91 Å². The van der Waals surface area contributed by atoms with Crippen LogP contribution in [-0.2, 0) is 6.42 Å². The summed E-state index contributed by atoms with van der Waals surface area (Å²) in [6.45, 7) is 6.14. The molecule has 0 aliphatic carbocycles. The summed E-state index contributed by atoms with van der Waals surface area (Å²) in [5.74, 6) is -0.0518. The Hall–Kier alpha value is -0.490. The van der Waals surface area contributed by atoms with Crippen LogP contribution in [0.5, 0.6) is 0 Å². The number of hydrogen-bond acceptors (Lipinski definition) is 4. The van der Waals surface area contributed by atoms with Gasteiger partial charge in [-0.15, -0.1) is 5.10 Å². The van der Waals surface area contributed by atoms with Gasteiger partial charge in [-0.2, -0.15) is 0 Å². The molecule has 17 heavy (non-hydrogen) atoms. The Morgan fingerprint density at radius 2 is 2.24 bits per heavy atom. The van der Waals surface area contributed by atoms with Crippen molar-refractivity contribution in [3.05, 3.63) is 10.6 Å². The molecular formula is C11H18BrN3OS. The molecule has 0 saturated heterocycles. The van der Waals surface area contributed by atoms with Crippen molar-refractivity contribution in [2.75, 3.05) is 0 Å². The lowest BCUT2D eigenvalue weighted by Crippen LogP contribution is -2.33. The molecule has 0 saturated carbocycles. The molecule has 0 spiro atoms. The van der Waals surface area contributed by atoms with Gasteiger partial charge in [0.1, 0.15) is 4.88 Å². The molecule has 0 aliphatic heterocycles. The average Bonchev–Trinajstić information content (AvgIpc) is 2.64. The topological polar surface area (TPSA) is 54.9 Å². The van der Waals surface area contributed by atoms with Crippen molar-refractivity contribution in [2.24, 2.45) is 0 Å². The summed E-state index contributed by atoms with van der Waals surface area (Å²) in [7, 11) is 0. The molecule has 1 aromatic heterocycles. The second kappa shape index (κ2) is 7.06. The monoisotopic (exact) mass is 319 g/mol. The van der Waals surface area contributed by atoms with E-state index >= 15 is 0 Å². The highest BCUT2D eigenvalue weighted by atomic mass is 79.9. The first-order valence-electron chi connectivity index (χ1n) is 5.80. The van der Waals surface area contributed by atoms with E-state index in [1.807, 2.05) is 6.92 Å². The van der Waals surface area contributed by atoms with E-state index < -0.39 is 0 Å². The van der Waals surface area contributed by atoms with Crippen LogP contribution in [0.15, 0.2) is 0 Å². The summed E-state index contributed by atoms with van der Waals surface area (Å²) in [6, 6.07) is 0.147. The summed E-state index contributed by atoms with van der Waals surface area (Å²) in [4.78, 5) is 13.0. The number of nitrogens with zero attached hydrogens (tertiary/aromatic N) is 2. The molecule has 1 N–H and O–H groups in total. The lowest BCUT2D eigenvalue weighted by Gasteiger charge is -2.14. The SMILES string of the molecule is CCCc1nnsc1C(=O)NC(C)CC(C)Br. The Balaban J connectivity index is 2.60. The summed E-state index contributed by atoms with van der Waals surface area (Å²) >= 11 is 4.65. The van der Waals surface area contributed by atoms with Gasteiger partial charge in [0.15, 0.2) is 0 Å². The Morgan fingerprint density at radius 3 is 2.82 bits per heavy atom. The Labute approximate surface area is 114 Å². The lowest BCUT2D eigenvalue weighted by atomic mass is 10.2. The molecule has 1 amide bonds. The average molecular weight is 320 g/mol. The molecule has 2 atom stereocenters. The maximum Gasteiger partial charge on any atom is 0.265 e. The highest BCUT2D eigenvalue weighted by molar-refractivity contribution is 9.09. The first kappa shape index (κ1) is 14.6. The summed E-state index contributed by atoms with van der Waals surface area (Å²) in [5, 5.41) is 6.97. The Bertz CT molecular complexity index is 367. The summed E-state index contributed by atoms with van der Waals surface area (Å²) < 4.78 is 3.85. The fraction of sp³-hybridized carbons (Fsp3) is 0.727.